The monoisotopic (exact) mass is 487 g/mol. The highest BCUT2D eigenvalue weighted by Crippen LogP contribution is 2.33. The lowest BCUT2D eigenvalue weighted by Crippen LogP contribution is -2.25. The molecule has 1 aromatic heterocycles. The Kier molecular flexibility index (Phi) is 6.46. The van der Waals surface area contributed by atoms with E-state index < -0.39 is 0 Å². The van der Waals surface area contributed by atoms with E-state index in [9.17, 15) is 9.59 Å². The molecule has 0 radical (unpaired) electrons. The molecular weight excluding hydrogens is 462 g/mol. The average Bonchev–Trinajstić information content (AvgIpc) is 3.33. The van der Waals surface area contributed by atoms with Crippen molar-refractivity contribution in [2.45, 2.75) is 31.5 Å². The number of nitrogens with zero attached hydrogens (tertiary/aromatic N) is 2. The van der Waals surface area contributed by atoms with Crippen molar-refractivity contribution in [3.8, 4) is 11.5 Å². The molecule has 0 saturated heterocycles. The second-order valence-electron chi connectivity index (χ2n) is 8.60. The Labute approximate surface area is 207 Å². The third kappa shape index (κ3) is 5.02. The number of anilines is 1. The van der Waals surface area contributed by atoms with Gasteiger partial charge >= 0.3 is 0 Å². The highest BCUT2D eigenvalue weighted by molar-refractivity contribution is 7.99. The molecular formula is C27H25N3O4S. The molecule has 0 bridgehead atoms. The highest BCUT2D eigenvalue weighted by Gasteiger charge is 2.17. The molecule has 35 heavy (non-hydrogen) atoms. The molecule has 0 aliphatic carbocycles. The molecule has 8 heteroatoms. The standard InChI is InChI=1S/C27H25N3O4S/c1-17(2)19-8-10-20(11-9-19)28-25(31)15-35-27-29-22-6-4-3-5-21(22)26(32)30(27)14-18-7-12-23-24(13-18)34-16-33-23/h3-13,17H,14-16H2,1-2H3,(H,28,31). The maximum atomic E-state index is 13.4. The van der Waals surface area contributed by atoms with Crippen molar-refractivity contribution < 1.29 is 14.3 Å². The van der Waals surface area contributed by atoms with E-state index in [0.29, 0.717) is 40.0 Å². The summed E-state index contributed by atoms with van der Waals surface area (Å²) in [7, 11) is 0. The van der Waals surface area contributed by atoms with Crippen LogP contribution in [-0.4, -0.2) is 28.0 Å². The maximum Gasteiger partial charge on any atom is 0.262 e. The van der Waals surface area contributed by atoms with Gasteiger partial charge in [0.15, 0.2) is 16.7 Å². The van der Waals surface area contributed by atoms with Crippen molar-refractivity contribution in [2.75, 3.05) is 17.9 Å². The van der Waals surface area contributed by atoms with Gasteiger partial charge in [0.25, 0.3) is 5.56 Å². The fourth-order valence-corrected chi connectivity index (χ4v) is 4.70. The zero-order chi connectivity index (χ0) is 24.4. The number of carbonyl (C=O) groups is 1. The van der Waals surface area contributed by atoms with Gasteiger partial charge in [-0.3, -0.25) is 14.2 Å². The van der Waals surface area contributed by atoms with Crippen LogP contribution in [0, 0.1) is 0 Å². The van der Waals surface area contributed by atoms with E-state index in [4.69, 9.17) is 14.5 Å². The molecule has 1 aliphatic rings. The molecule has 3 aromatic carbocycles. The Morgan fingerprint density at radius 3 is 2.63 bits per heavy atom. The van der Waals surface area contributed by atoms with E-state index in [1.807, 2.05) is 60.7 Å². The first-order chi connectivity index (χ1) is 17.0. The Bertz CT molecular complexity index is 1450. The molecule has 0 fully saturated rings. The SMILES string of the molecule is CC(C)c1ccc(NC(=O)CSc2nc3ccccc3c(=O)n2Cc2ccc3c(c2)OCO3)cc1. The summed E-state index contributed by atoms with van der Waals surface area (Å²) in [6.07, 6.45) is 0. The summed E-state index contributed by atoms with van der Waals surface area (Å²) >= 11 is 1.24. The number of aromatic nitrogens is 2. The number of thioether (sulfide) groups is 1. The number of amides is 1. The second kappa shape index (κ2) is 9.84. The molecule has 0 unspecified atom stereocenters. The van der Waals surface area contributed by atoms with Gasteiger partial charge in [-0.25, -0.2) is 4.98 Å². The molecule has 0 saturated carbocycles. The number of rotatable bonds is 7. The van der Waals surface area contributed by atoms with Gasteiger partial charge in [-0.15, -0.1) is 0 Å². The lowest BCUT2D eigenvalue weighted by atomic mass is 10.0. The largest absolute Gasteiger partial charge is 0.454 e. The summed E-state index contributed by atoms with van der Waals surface area (Å²) in [5.41, 5.74) is 3.28. The lowest BCUT2D eigenvalue weighted by molar-refractivity contribution is -0.113. The molecule has 5 rings (SSSR count). The zero-order valence-corrected chi connectivity index (χ0v) is 20.3. The first-order valence-electron chi connectivity index (χ1n) is 11.4. The van der Waals surface area contributed by atoms with Crippen LogP contribution in [0.5, 0.6) is 11.5 Å². The van der Waals surface area contributed by atoms with Crippen LogP contribution >= 0.6 is 11.8 Å². The summed E-state index contributed by atoms with van der Waals surface area (Å²) in [5, 5.41) is 3.94. The van der Waals surface area contributed by atoms with Gasteiger partial charge in [0.2, 0.25) is 12.7 Å². The van der Waals surface area contributed by atoms with Crippen LogP contribution in [0.25, 0.3) is 10.9 Å². The summed E-state index contributed by atoms with van der Waals surface area (Å²) in [4.78, 5) is 30.7. The number of hydrogen-bond acceptors (Lipinski definition) is 6. The number of ether oxygens (including phenoxy) is 2. The van der Waals surface area contributed by atoms with Gasteiger partial charge < -0.3 is 14.8 Å². The predicted molar refractivity (Wildman–Crippen MR) is 138 cm³/mol. The van der Waals surface area contributed by atoms with Crippen LogP contribution < -0.4 is 20.3 Å². The molecule has 178 valence electrons. The van der Waals surface area contributed by atoms with Crippen molar-refractivity contribution in [3.63, 3.8) is 0 Å². The Hall–Kier alpha value is -3.78. The number of benzene rings is 3. The molecule has 7 nitrogen and oxygen atoms in total. The summed E-state index contributed by atoms with van der Waals surface area (Å²) in [6.45, 7) is 4.74. The van der Waals surface area contributed by atoms with Crippen LogP contribution in [0.4, 0.5) is 5.69 Å². The fraction of sp³-hybridized carbons (Fsp3) is 0.222. The van der Waals surface area contributed by atoms with Gasteiger partial charge in [-0.1, -0.05) is 55.9 Å². The van der Waals surface area contributed by atoms with Crippen LogP contribution in [0.2, 0.25) is 0 Å². The van der Waals surface area contributed by atoms with Crippen molar-refractivity contribution >= 4 is 34.3 Å². The first kappa shape index (κ1) is 23.0. The molecule has 1 amide bonds. The van der Waals surface area contributed by atoms with E-state index in [2.05, 4.69) is 19.2 Å². The predicted octanol–water partition coefficient (Wildman–Crippen LogP) is 5.03. The van der Waals surface area contributed by atoms with E-state index in [1.165, 1.54) is 17.3 Å². The van der Waals surface area contributed by atoms with E-state index in [-0.39, 0.29) is 24.0 Å². The number of nitrogens with one attached hydrogen (secondary N) is 1. The first-order valence-corrected chi connectivity index (χ1v) is 12.4. The highest BCUT2D eigenvalue weighted by atomic mass is 32.2. The molecule has 1 aliphatic heterocycles. The third-order valence-electron chi connectivity index (χ3n) is 5.80. The second-order valence-corrected chi connectivity index (χ2v) is 9.55. The summed E-state index contributed by atoms with van der Waals surface area (Å²) in [6, 6.07) is 20.7. The Balaban J connectivity index is 1.38. The van der Waals surface area contributed by atoms with Gasteiger partial charge in [-0.2, -0.15) is 0 Å². The van der Waals surface area contributed by atoms with Gasteiger partial charge in [-0.05, 0) is 53.4 Å². The summed E-state index contributed by atoms with van der Waals surface area (Å²) in [5.74, 6) is 1.73. The van der Waals surface area contributed by atoms with Crippen LogP contribution in [0.3, 0.4) is 0 Å². The fourth-order valence-electron chi connectivity index (χ4n) is 3.90. The molecule has 0 atom stereocenters. The average molecular weight is 488 g/mol. The third-order valence-corrected chi connectivity index (χ3v) is 6.77. The molecule has 2 heterocycles. The van der Waals surface area contributed by atoms with Crippen LogP contribution in [0.1, 0.15) is 30.9 Å². The molecule has 0 spiro atoms. The van der Waals surface area contributed by atoms with Gasteiger partial charge in [0, 0.05) is 5.69 Å². The number of carbonyl (C=O) groups excluding carboxylic acids is 1. The van der Waals surface area contributed by atoms with Crippen molar-refractivity contribution in [1.29, 1.82) is 0 Å². The minimum Gasteiger partial charge on any atom is -0.454 e. The van der Waals surface area contributed by atoms with Gasteiger partial charge in [0.05, 0.1) is 23.2 Å². The number of fused-ring (bicyclic) bond motifs is 2. The lowest BCUT2D eigenvalue weighted by Gasteiger charge is -2.14. The van der Waals surface area contributed by atoms with Crippen molar-refractivity contribution in [1.82, 2.24) is 9.55 Å². The minimum atomic E-state index is -0.163. The van der Waals surface area contributed by atoms with Crippen molar-refractivity contribution in [3.05, 3.63) is 88.2 Å². The molecule has 1 N–H and O–H groups in total. The zero-order valence-electron chi connectivity index (χ0n) is 19.5. The Morgan fingerprint density at radius 1 is 1.06 bits per heavy atom. The maximum absolute atomic E-state index is 13.4. The van der Waals surface area contributed by atoms with Crippen LogP contribution in [-0.2, 0) is 11.3 Å². The normalized spacial score (nSPS) is 12.3. The van der Waals surface area contributed by atoms with Crippen LogP contribution in [0.15, 0.2) is 76.7 Å². The number of hydrogen-bond donors (Lipinski definition) is 1. The quantitative estimate of drug-likeness (QED) is 0.291. The van der Waals surface area contributed by atoms with Crippen molar-refractivity contribution in [2.24, 2.45) is 0 Å². The van der Waals surface area contributed by atoms with E-state index in [1.54, 1.807) is 10.6 Å². The number of para-hydroxylation sites is 1. The topological polar surface area (TPSA) is 82.5 Å². The van der Waals surface area contributed by atoms with E-state index >= 15 is 0 Å². The smallest absolute Gasteiger partial charge is 0.262 e. The van der Waals surface area contributed by atoms with Gasteiger partial charge in [0.1, 0.15) is 0 Å². The summed E-state index contributed by atoms with van der Waals surface area (Å²) < 4.78 is 12.5. The van der Waals surface area contributed by atoms with E-state index in [0.717, 1.165) is 11.3 Å². The Morgan fingerprint density at radius 2 is 1.83 bits per heavy atom. The molecule has 4 aromatic rings. The minimum absolute atomic E-state index is 0.123.